The fraction of sp³-hybridized carbons (Fsp3) is 0.500. The van der Waals surface area contributed by atoms with Crippen LogP contribution in [0.4, 0.5) is 0 Å². The second-order valence-electron chi connectivity index (χ2n) is 5.35. The van der Waals surface area contributed by atoms with Crippen LogP contribution in [0.5, 0.6) is 0 Å². The van der Waals surface area contributed by atoms with E-state index in [1.54, 1.807) is 12.1 Å². The maximum absolute atomic E-state index is 11.3. The first-order valence-corrected chi connectivity index (χ1v) is 8.61. The normalized spacial score (nSPS) is 22.0. The van der Waals surface area contributed by atoms with Crippen LogP contribution in [0.2, 0.25) is 0 Å². The molecule has 2 unspecified atom stereocenters. The van der Waals surface area contributed by atoms with Crippen LogP contribution in [-0.4, -0.2) is 27.0 Å². The lowest BCUT2D eigenvalue weighted by molar-refractivity contribution is 0.597. The number of rotatable bonds is 5. The Labute approximate surface area is 125 Å². The minimum atomic E-state index is -3.67. The van der Waals surface area contributed by atoms with Crippen molar-refractivity contribution in [2.75, 3.05) is 6.54 Å². The highest BCUT2D eigenvalue weighted by atomic mass is 32.2. The van der Waals surface area contributed by atoms with E-state index < -0.39 is 10.0 Å². The Bertz CT molecular complexity index is 628. The van der Waals surface area contributed by atoms with Crippen LogP contribution in [0.15, 0.2) is 34.2 Å². The zero-order valence-corrected chi connectivity index (χ0v) is 13.2. The van der Waals surface area contributed by atoms with Gasteiger partial charge in [0.05, 0.1) is 11.4 Å². The van der Waals surface area contributed by atoms with Crippen LogP contribution >= 0.6 is 0 Å². The summed E-state index contributed by atoms with van der Waals surface area (Å²) in [6.45, 7) is 5.38. The van der Waals surface area contributed by atoms with Gasteiger partial charge in [0.2, 0.25) is 10.0 Å². The predicted octanol–water partition coefficient (Wildman–Crippen LogP) is 0.798. The van der Waals surface area contributed by atoms with E-state index in [2.05, 4.69) is 22.5 Å². The molecule has 1 aromatic carbocycles. The number of hydrogen-bond acceptors (Lipinski definition) is 3. The fourth-order valence-electron chi connectivity index (χ4n) is 2.01. The van der Waals surface area contributed by atoms with Crippen molar-refractivity contribution >= 4 is 16.0 Å². The number of primary sulfonamides is 1. The molecular formula is C14H22N4O2S. The van der Waals surface area contributed by atoms with Gasteiger partial charge in [0.25, 0.3) is 0 Å². The van der Waals surface area contributed by atoms with E-state index in [1.165, 1.54) is 6.07 Å². The number of aliphatic imine (C=N–C) groups is 1. The standard InChI is InChI=1S/C14H22N4O2S/c1-3-16-14(18-13-7-10(13)2)17-9-11-5-4-6-12(8-11)21(15,19)20/h4-6,8,10,13H,3,7,9H2,1-2H3,(H2,15,19,20)(H2,16,17,18). The monoisotopic (exact) mass is 310 g/mol. The molecule has 2 atom stereocenters. The van der Waals surface area contributed by atoms with Gasteiger partial charge in [-0.15, -0.1) is 0 Å². The molecule has 0 aliphatic heterocycles. The molecule has 7 heteroatoms. The summed E-state index contributed by atoms with van der Waals surface area (Å²) in [5.41, 5.74) is 0.808. The molecule has 0 spiro atoms. The third-order valence-electron chi connectivity index (χ3n) is 3.42. The highest BCUT2D eigenvalue weighted by molar-refractivity contribution is 7.89. The minimum absolute atomic E-state index is 0.115. The van der Waals surface area contributed by atoms with Crippen LogP contribution in [-0.2, 0) is 16.6 Å². The SMILES string of the molecule is CCNC(=NCc1cccc(S(N)(=O)=O)c1)NC1CC1C. The van der Waals surface area contributed by atoms with Gasteiger partial charge < -0.3 is 10.6 Å². The Hall–Kier alpha value is -1.60. The quantitative estimate of drug-likeness (QED) is 0.553. The van der Waals surface area contributed by atoms with Crippen molar-refractivity contribution in [2.45, 2.75) is 37.8 Å². The Kier molecular flexibility index (Phi) is 4.84. The lowest BCUT2D eigenvalue weighted by atomic mass is 10.2. The van der Waals surface area contributed by atoms with Gasteiger partial charge in [-0.05, 0) is 37.0 Å². The van der Waals surface area contributed by atoms with E-state index in [1.807, 2.05) is 13.0 Å². The van der Waals surface area contributed by atoms with E-state index in [4.69, 9.17) is 5.14 Å². The number of nitrogens with two attached hydrogens (primary N) is 1. The second-order valence-corrected chi connectivity index (χ2v) is 6.91. The van der Waals surface area contributed by atoms with Gasteiger partial charge in [-0.25, -0.2) is 18.5 Å². The van der Waals surface area contributed by atoms with Gasteiger partial charge in [0.15, 0.2) is 5.96 Å². The number of nitrogens with one attached hydrogen (secondary N) is 2. The van der Waals surface area contributed by atoms with E-state index in [9.17, 15) is 8.42 Å². The van der Waals surface area contributed by atoms with E-state index in [-0.39, 0.29) is 4.90 Å². The molecule has 116 valence electrons. The molecule has 6 nitrogen and oxygen atoms in total. The van der Waals surface area contributed by atoms with Gasteiger partial charge >= 0.3 is 0 Å². The summed E-state index contributed by atoms with van der Waals surface area (Å²) >= 11 is 0. The zero-order valence-electron chi connectivity index (χ0n) is 12.3. The molecular weight excluding hydrogens is 288 g/mol. The molecule has 1 aliphatic rings. The van der Waals surface area contributed by atoms with Gasteiger partial charge in [-0.2, -0.15) is 0 Å². The third kappa shape index (κ3) is 4.71. The fourth-order valence-corrected chi connectivity index (χ4v) is 2.59. The zero-order chi connectivity index (χ0) is 15.5. The highest BCUT2D eigenvalue weighted by Gasteiger charge is 2.33. The third-order valence-corrected chi connectivity index (χ3v) is 4.33. The van der Waals surface area contributed by atoms with Crippen molar-refractivity contribution in [3.05, 3.63) is 29.8 Å². The molecule has 0 bridgehead atoms. The maximum atomic E-state index is 11.3. The molecule has 1 aliphatic carbocycles. The Morgan fingerprint density at radius 3 is 2.76 bits per heavy atom. The van der Waals surface area contributed by atoms with Gasteiger partial charge in [-0.3, -0.25) is 0 Å². The summed E-state index contributed by atoms with van der Waals surface area (Å²) in [4.78, 5) is 4.60. The molecule has 0 radical (unpaired) electrons. The average Bonchev–Trinajstić information content (AvgIpc) is 3.11. The number of hydrogen-bond donors (Lipinski definition) is 3. The van der Waals surface area contributed by atoms with Crippen molar-refractivity contribution in [2.24, 2.45) is 16.0 Å². The minimum Gasteiger partial charge on any atom is -0.357 e. The maximum Gasteiger partial charge on any atom is 0.238 e. The smallest absolute Gasteiger partial charge is 0.238 e. The number of benzene rings is 1. The number of nitrogens with zero attached hydrogens (tertiary/aromatic N) is 1. The second kappa shape index (κ2) is 6.44. The molecule has 21 heavy (non-hydrogen) atoms. The van der Waals surface area contributed by atoms with E-state index >= 15 is 0 Å². The van der Waals surface area contributed by atoms with Crippen LogP contribution in [0.3, 0.4) is 0 Å². The van der Waals surface area contributed by atoms with Gasteiger partial charge in [0.1, 0.15) is 0 Å². The van der Waals surface area contributed by atoms with Crippen molar-refractivity contribution in [1.29, 1.82) is 0 Å². The van der Waals surface area contributed by atoms with Crippen LogP contribution in [0.1, 0.15) is 25.8 Å². The summed E-state index contributed by atoms with van der Waals surface area (Å²) < 4.78 is 22.7. The molecule has 2 rings (SSSR count). The first-order chi connectivity index (χ1) is 9.90. The first-order valence-electron chi connectivity index (χ1n) is 7.06. The van der Waals surface area contributed by atoms with E-state index in [0.29, 0.717) is 18.5 Å². The largest absolute Gasteiger partial charge is 0.357 e. The van der Waals surface area contributed by atoms with Crippen LogP contribution < -0.4 is 15.8 Å². The summed E-state index contributed by atoms with van der Waals surface area (Å²) in [7, 11) is -3.67. The summed E-state index contributed by atoms with van der Waals surface area (Å²) in [5.74, 6) is 1.44. The molecule has 1 saturated carbocycles. The van der Waals surface area contributed by atoms with Crippen molar-refractivity contribution in [3.8, 4) is 0 Å². The number of sulfonamides is 1. The van der Waals surface area contributed by atoms with Crippen molar-refractivity contribution in [1.82, 2.24) is 10.6 Å². The molecule has 1 fully saturated rings. The molecule has 0 heterocycles. The first kappa shape index (κ1) is 15.8. The van der Waals surface area contributed by atoms with Gasteiger partial charge in [-0.1, -0.05) is 19.1 Å². The summed E-state index contributed by atoms with van der Waals surface area (Å²) in [6.07, 6.45) is 1.16. The Morgan fingerprint density at radius 1 is 1.48 bits per heavy atom. The summed E-state index contributed by atoms with van der Waals surface area (Å²) in [5, 5.41) is 11.7. The molecule has 1 aromatic rings. The van der Waals surface area contributed by atoms with E-state index in [0.717, 1.165) is 24.5 Å². The van der Waals surface area contributed by atoms with Crippen molar-refractivity contribution < 1.29 is 8.42 Å². The van der Waals surface area contributed by atoms with Crippen LogP contribution in [0, 0.1) is 5.92 Å². The lowest BCUT2D eigenvalue weighted by Crippen LogP contribution is -2.39. The lowest BCUT2D eigenvalue weighted by Gasteiger charge is -2.10. The highest BCUT2D eigenvalue weighted by Crippen LogP contribution is 2.28. The van der Waals surface area contributed by atoms with Gasteiger partial charge in [0, 0.05) is 12.6 Å². The summed E-state index contributed by atoms with van der Waals surface area (Å²) in [6, 6.07) is 7.04. The average molecular weight is 310 g/mol. The molecule has 4 N–H and O–H groups in total. The predicted molar refractivity (Wildman–Crippen MR) is 83.3 cm³/mol. The number of guanidine groups is 1. The topological polar surface area (TPSA) is 96.6 Å². The van der Waals surface area contributed by atoms with Crippen molar-refractivity contribution in [3.63, 3.8) is 0 Å². The van der Waals surface area contributed by atoms with Crippen LogP contribution in [0.25, 0.3) is 0 Å². The Balaban J connectivity index is 2.06. The molecule has 0 saturated heterocycles. The molecule has 0 amide bonds. The Morgan fingerprint density at radius 2 is 2.19 bits per heavy atom. The molecule has 0 aromatic heterocycles.